The zero-order valence-corrected chi connectivity index (χ0v) is 16.6. The highest BCUT2D eigenvalue weighted by Gasteiger charge is 2.17. The molecule has 1 aromatic carbocycles. The van der Waals surface area contributed by atoms with Crippen LogP contribution < -0.4 is 14.8 Å². The highest BCUT2D eigenvalue weighted by molar-refractivity contribution is 6.04. The predicted molar refractivity (Wildman–Crippen MR) is 107 cm³/mol. The molecule has 1 aliphatic rings. The van der Waals surface area contributed by atoms with Crippen LogP contribution in [0.5, 0.6) is 11.5 Å². The summed E-state index contributed by atoms with van der Waals surface area (Å²) in [4.78, 5) is 12.7. The van der Waals surface area contributed by atoms with Crippen molar-refractivity contribution in [3.05, 3.63) is 36.2 Å². The van der Waals surface area contributed by atoms with E-state index in [0.29, 0.717) is 42.5 Å². The van der Waals surface area contributed by atoms with Crippen molar-refractivity contribution in [3.63, 3.8) is 0 Å². The summed E-state index contributed by atoms with van der Waals surface area (Å²) < 4.78 is 18.9. The Morgan fingerprint density at radius 2 is 2.04 bits per heavy atom. The molecule has 0 aliphatic carbocycles. The fourth-order valence-corrected chi connectivity index (χ4v) is 3.03. The summed E-state index contributed by atoms with van der Waals surface area (Å²) in [5, 5.41) is 7.20. The van der Waals surface area contributed by atoms with Crippen LogP contribution >= 0.6 is 0 Å². The maximum Gasteiger partial charge on any atom is 0.255 e. The van der Waals surface area contributed by atoms with Gasteiger partial charge in [-0.05, 0) is 43.9 Å². The van der Waals surface area contributed by atoms with Crippen LogP contribution in [0.2, 0.25) is 0 Å². The lowest BCUT2D eigenvalue weighted by atomic mass is 10.2. The van der Waals surface area contributed by atoms with Gasteiger partial charge >= 0.3 is 0 Å². The number of nitrogens with one attached hydrogen (secondary N) is 1. The number of benzene rings is 1. The Morgan fingerprint density at radius 1 is 1.25 bits per heavy atom. The zero-order valence-electron chi connectivity index (χ0n) is 16.6. The summed E-state index contributed by atoms with van der Waals surface area (Å²) in [6.45, 7) is 6.79. The van der Waals surface area contributed by atoms with E-state index in [1.165, 1.54) is 0 Å². The first-order valence-electron chi connectivity index (χ1n) is 10.0. The van der Waals surface area contributed by atoms with Crippen LogP contribution in [-0.4, -0.2) is 41.6 Å². The average Bonchev–Trinajstić information content (AvgIpc) is 3.37. The van der Waals surface area contributed by atoms with Gasteiger partial charge in [0.25, 0.3) is 5.91 Å². The van der Waals surface area contributed by atoms with E-state index in [0.717, 1.165) is 32.3 Å². The largest absolute Gasteiger partial charge is 0.490 e. The third-order valence-corrected chi connectivity index (χ3v) is 4.44. The number of carbonyl (C=O) groups excluding carboxylic acids is 1. The molecule has 1 amide bonds. The second-order valence-corrected chi connectivity index (χ2v) is 6.90. The molecule has 0 bridgehead atoms. The van der Waals surface area contributed by atoms with E-state index in [-0.39, 0.29) is 12.0 Å². The Hall–Kier alpha value is -2.54. The van der Waals surface area contributed by atoms with Crippen molar-refractivity contribution in [2.75, 3.05) is 25.1 Å². The molecule has 28 heavy (non-hydrogen) atoms. The topological polar surface area (TPSA) is 74.6 Å². The van der Waals surface area contributed by atoms with Crippen LogP contribution in [0.4, 0.5) is 5.69 Å². The molecule has 3 rings (SSSR count). The van der Waals surface area contributed by atoms with E-state index in [9.17, 15) is 4.79 Å². The summed E-state index contributed by atoms with van der Waals surface area (Å²) >= 11 is 0. The smallest absolute Gasteiger partial charge is 0.255 e. The van der Waals surface area contributed by atoms with Crippen molar-refractivity contribution >= 4 is 11.6 Å². The van der Waals surface area contributed by atoms with Crippen molar-refractivity contribution < 1.29 is 19.0 Å². The van der Waals surface area contributed by atoms with Crippen molar-refractivity contribution in [3.8, 4) is 11.5 Å². The van der Waals surface area contributed by atoms with Crippen molar-refractivity contribution in [2.24, 2.45) is 0 Å². The fourth-order valence-electron chi connectivity index (χ4n) is 3.03. The maximum atomic E-state index is 12.7. The van der Waals surface area contributed by atoms with Gasteiger partial charge in [0.1, 0.15) is 0 Å². The third kappa shape index (κ3) is 5.48. The van der Waals surface area contributed by atoms with E-state index in [2.05, 4.69) is 10.4 Å². The molecular formula is C21H29N3O4. The van der Waals surface area contributed by atoms with Gasteiger partial charge in [-0.2, -0.15) is 5.10 Å². The molecule has 2 aromatic rings. The number of carbonyl (C=O) groups is 1. The van der Waals surface area contributed by atoms with Crippen LogP contribution in [0.25, 0.3) is 0 Å². The molecule has 1 atom stereocenters. The van der Waals surface area contributed by atoms with Crippen LogP contribution in [0.1, 0.15) is 49.9 Å². The van der Waals surface area contributed by atoms with E-state index in [4.69, 9.17) is 14.2 Å². The lowest BCUT2D eigenvalue weighted by molar-refractivity contribution is 0.0940. The number of anilines is 1. The van der Waals surface area contributed by atoms with Crippen molar-refractivity contribution in [1.82, 2.24) is 9.78 Å². The Morgan fingerprint density at radius 3 is 2.75 bits per heavy atom. The molecule has 1 aromatic heterocycles. The molecule has 7 nitrogen and oxygen atoms in total. The number of ether oxygens (including phenoxy) is 3. The summed E-state index contributed by atoms with van der Waals surface area (Å²) in [5.41, 5.74) is 1.17. The number of aromatic nitrogens is 2. The van der Waals surface area contributed by atoms with Crippen LogP contribution in [0.15, 0.2) is 30.6 Å². The normalized spacial score (nSPS) is 16.1. The number of nitrogens with zero attached hydrogens (tertiary/aromatic N) is 2. The molecule has 1 fully saturated rings. The van der Waals surface area contributed by atoms with E-state index in [1.807, 2.05) is 24.7 Å². The van der Waals surface area contributed by atoms with Gasteiger partial charge in [-0.15, -0.1) is 0 Å². The first-order chi connectivity index (χ1) is 13.7. The van der Waals surface area contributed by atoms with Gasteiger partial charge in [-0.1, -0.05) is 13.8 Å². The zero-order chi connectivity index (χ0) is 19.8. The summed E-state index contributed by atoms with van der Waals surface area (Å²) in [6.07, 6.45) is 7.62. The first kappa shape index (κ1) is 20.2. The van der Waals surface area contributed by atoms with Gasteiger partial charge in [0.15, 0.2) is 11.5 Å². The van der Waals surface area contributed by atoms with Crippen molar-refractivity contribution in [1.29, 1.82) is 0 Å². The maximum absolute atomic E-state index is 12.7. The minimum absolute atomic E-state index is 0.206. The molecule has 7 heteroatoms. The summed E-state index contributed by atoms with van der Waals surface area (Å²) in [6, 6.07) is 5.26. The van der Waals surface area contributed by atoms with Gasteiger partial charge in [0.05, 0.1) is 37.7 Å². The lowest BCUT2D eigenvalue weighted by Crippen LogP contribution is -2.15. The number of hydrogen-bond donors (Lipinski definition) is 1. The summed E-state index contributed by atoms with van der Waals surface area (Å²) in [5.74, 6) is 1.05. The Bertz CT molecular complexity index is 769. The predicted octanol–water partition coefficient (Wildman–Crippen LogP) is 3.89. The van der Waals surface area contributed by atoms with Gasteiger partial charge in [-0.25, -0.2) is 0 Å². The minimum Gasteiger partial charge on any atom is -0.490 e. The SMILES string of the molecule is CCCOc1ccc(C(=O)Nc2cnn(CC3CCCO3)c2)cc1OCCC. The molecule has 0 saturated carbocycles. The highest BCUT2D eigenvalue weighted by atomic mass is 16.5. The lowest BCUT2D eigenvalue weighted by Gasteiger charge is -2.13. The van der Waals surface area contributed by atoms with E-state index < -0.39 is 0 Å². The van der Waals surface area contributed by atoms with Crippen LogP contribution in [-0.2, 0) is 11.3 Å². The first-order valence-corrected chi connectivity index (χ1v) is 10.0. The molecule has 1 N–H and O–H groups in total. The molecule has 152 valence electrons. The van der Waals surface area contributed by atoms with Gasteiger partial charge in [-0.3, -0.25) is 9.48 Å². The van der Waals surface area contributed by atoms with E-state index in [1.54, 1.807) is 24.4 Å². The van der Waals surface area contributed by atoms with Crippen molar-refractivity contribution in [2.45, 2.75) is 52.2 Å². The van der Waals surface area contributed by atoms with Gasteiger partial charge < -0.3 is 19.5 Å². The van der Waals surface area contributed by atoms with Gasteiger partial charge in [0, 0.05) is 18.4 Å². The summed E-state index contributed by atoms with van der Waals surface area (Å²) in [7, 11) is 0. The third-order valence-electron chi connectivity index (χ3n) is 4.44. The average molecular weight is 387 g/mol. The quantitative estimate of drug-likeness (QED) is 0.669. The molecule has 1 aliphatic heterocycles. The fraction of sp³-hybridized carbons (Fsp3) is 0.524. The standard InChI is InChI=1S/C21H29N3O4/c1-3-9-27-19-8-7-16(12-20(19)28-10-4-2)21(25)23-17-13-22-24(14-17)15-18-6-5-11-26-18/h7-8,12-14,18H,3-6,9-11,15H2,1-2H3,(H,23,25). The van der Waals surface area contributed by atoms with Crippen LogP contribution in [0.3, 0.4) is 0 Å². The highest BCUT2D eigenvalue weighted by Crippen LogP contribution is 2.29. The Kier molecular flexibility index (Phi) is 7.31. The molecule has 0 radical (unpaired) electrons. The number of amides is 1. The second-order valence-electron chi connectivity index (χ2n) is 6.90. The molecule has 0 spiro atoms. The Labute approximate surface area is 166 Å². The number of hydrogen-bond acceptors (Lipinski definition) is 5. The molecule has 1 unspecified atom stereocenters. The molecule has 2 heterocycles. The van der Waals surface area contributed by atoms with Gasteiger partial charge in [0.2, 0.25) is 0 Å². The molecule has 1 saturated heterocycles. The van der Waals surface area contributed by atoms with E-state index >= 15 is 0 Å². The second kappa shape index (κ2) is 10.1. The number of rotatable bonds is 10. The molecular weight excluding hydrogens is 358 g/mol. The Balaban J connectivity index is 1.65. The monoisotopic (exact) mass is 387 g/mol. The minimum atomic E-state index is -0.208. The van der Waals surface area contributed by atoms with Crippen LogP contribution in [0, 0.1) is 0 Å².